The minimum Gasteiger partial charge on any atom is -0.464 e. The molecule has 1 heterocycles. The Morgan fingerprint density at radius 3 is 2.62 bits per heavy atom. The third-order valence-electron chi connectivity index (χ3n) is 3.23. The molecule has 0 amide bonds. The molecule has 1 aromatic carbocycles. The minimum absolute atomic E-state index is 0.00532. The molecule has 1 aromatic rings. The molecule has 0 bridgehead atoms. The topological polar surface area (TPSA) is 59.0 Å². The van der Waals surface area contributed by atoms with Crippen LogP contribution in [0.1, 0.15) is 18.6 Å². The SMILES string of the molecule is CCOC(=O)C(O)c1cc(F)c(F)cc1N1CCOCC1. The van der Waals surface area contributed by atoms with Crippen molar-refractivity contribution >= 4 is 11.7 Å². The maximum Gasteiger partial charge on any atom is 0.339 e. The van der Waals surface area contributed by atoms with Gasteiger partial charge < -0.3 is 19.5 Å². The lowest BCUT2D eigenvalue weighted by molar-refractivity contribution is -0.153. The van der Waals surface area contributed by atoms with Gasteiger partial charge >= 0.3 is 5.97 Å². The van der Waals surface area contributed by atoms with Crippen LogP contribution in [0.2, 0.25) is 0 Å². The second-order valence-electron chi connectivity index (χ2n) is 4.58. The number of hydrogen-bond acceptors (Lipinski definition) is 5. The Bertz CT molecular complexity index is 518. The van der Waals surface area contributed by atoms with Crippen molar-refractivity contribution in [1.29, 1.82) is 0 Å². The predicted octanol–water partition coefficient (Wildman–Crippen LogP) is 1.40. The summed E-state index contributed by atoms with van der Waals surface area (Å²) in [4.78, 5) is 13.4. The number of morpholine rings is 1. The van der Waals surface area contributed by atoms with E-state index in [0.29, 0.717) is 26.3 Å². The van der Waals surface area contributed by atoms with E-state index < -0.39 is 23.7 Å². The molecule has 1 aliphatic rings. The lowest BCUT2D eigenvalue weighted by Gasteiger charge is -2.31. The molecule has 0 radical (unpaired) electrons. The van der Waals surface area contributed by atoms with Gasteiger partial charge in [-0.3, -0.25) is 0 Å². The van der Waals surface area contributed by atoms with Gasteiger partial charge in [-0.05, 0) is 13.0 Å². The van der Waals surface area contributed by atoms with Crippen LogP contribution in [0.25, 0.3) is 0 Å². The summed E-state index contributed by atoms with van der Waals surface area (Å²) in [5.41, 5.74) is 0.270. The summed E-state index contributed by atoms with van der Waals surface area (Å²) in [7, 11) is 0. The molecule has 0 spiro atoms. The molecular weight excluding hydrogens is 284 g/mol. The summed E-state index contributed by atoms with van der Waals surface area (Å²) in [5, 5.41) is 10.0. The number of benzene rings is 1. The number of halogens is 2. The number of ether oxygens (including phenoxy) is 2. The van der Waals surface area contributed by atoms with Gasteiger partial charge in [-0.25, -0.2) is 13.6 Å². The maximum atomic E-state index is 13.5. The normalized spacial score (nSPS) is 16.7. The molecule has 0 aromatic heterocycles. The highest BCUT2D eigenvalue weighted by Gasteiger charge is 2.27. The number of esters is 1. The van der Waals surface area contributed by atoms with Gasteiger partial charge in [0, 0.05) is 30.4 Å². The Morgan fingerprint density at radius 1 is 1.38 bits per heavy atom. The summed E-state index contributed by atoms with van der Waals surface area (Å²) in [5.74, 6) is -3.04. The summed E-state index contributed by atoms with van der Waals surface area (Å²) >= 11 is 0. The fourth-order valence-electron chi connectivity index (χ4n) is 2.20. The van der Waals surface area contributed by atoms with Crippen molar-refractivity contribution in [3.63, 3.8) is 0 Å². The molecule has 1 atom stereocenters. The zero-order chi connectivity index (χ0) is 15.4. The highest BCUT2D eigenvalue weighted by atomic mass is 19.2. The summed E-state index contributed by atoms with van der Waals surface area (Å²) < 4.78 is 36.9. The van der Waals surface area contributed by atoms with E-state index in [2.05, 4.69) is 0 Å². The van der Waals surface area contributed by atoms with Crippen molar-refractivity contribution in [1.82, 2.24) is 0 Å². The number of rotatable bonds is 4. The van der Waals surface area contributed by atoms with E-state index in [9.17, 15) is 18.7 Å². The molecule has 1 fully saturated rings. The van der Waals surface area contributed by atoms with E-state index in [4.69, 9.17) is 9.47 Å². The maximum absolute atomic E-state index is 13.5. The number of aliphatic hydroxyl groups excluding tert-OH is 1. The van der Waals surface area contributed by atoms with E-state index in [0.717, 1.165) is 12.1 Å². The van der Waals surface area contributed by atoms with Crippen molar-refractivity contribution in [2.45, 2.75) is 13.0 Å². The van der Waals surface area contributed by atoms with Crippen molar-refractivity contribution in [3.8, 4) is 0 Å². The van der Waals surface area contributed by atoms with Crippen molar-refractivity contribution in [2.75, 3.05) is 37.8 Å². The second-order valence-corrected chi connectivity index (χ2v) is 4.58. The van der Waals surface area contributed by atoms with Crippen LogP contribution in [0.5, 0.6) is 0 Å². The van der Waals surface area contributed by atoms with E-state index in [1.807, 2.05) is 0 Å². The Hall–Kier alpha value is -1.73. The summed E-state index contributed by atoms with van der Waals surface area (Å²) in [6.07, 6.45) is -1.65. The average molecular weight is 301 g/mol. The molecule has 1 N–H and O–H groups in total. The highest BCUT2D eigenvalue weighted by molar-refractivity contribution is 5.79. The first-order valence-corrected chi connectivity index (χ1v) is 6.71. The van der Waals surface area contributed by atoms with E-state index in [-0.39, 0.29) is 17.9 Å². The van der Waals surface area contributed by atoms with Crippen LogP contribution < -0.4 is 4.90 Å². The molecule has 5 nitrogen and oxygen atoms in total. The van der Waals surface area contributed by atoms with Crippen molar-refractivity contribution < 1.29 is 28.2 Å². The van der Waals surface area contributed by atoms with E-state index in [1.165, 1.54) is 0 Å². The van der Waals surface area contributed by atoms with Gasteiger partial charge in [0.05, 0.1) is 19.8 Å². The Labute approximate surface area is 121 Å². The molecule has 7 heteroatoms. The third-order valence-corrected chi connectivity index (χ3v) is 3.23. The van der Waals surface area contributed by atoms with Crippen LogP contribution in [0.15, 0.2) is 12.1 Å². The monoisotopic (exact) mass is 301 g/mol. The molecule has 0 aliphatic carbocycles. The smallest absolute Gasteiger partial charge is 0.339 e. The van der Waals surface area contributed by atoms with Crippen LogP contribution >= 0.6 is 0 Å². The number of carbonyl (C=O) groups excluding carboxylic acids is 1. The number of anilines is 1. The Morgan fingerprint density at radius 2 is 2.00 bits per heavy atom. The quantitative estimate of drug-likeness (QED) is 0.852. The van der Waals surface area contributed by atoms with E-state index >= 15 is 0 Å². The first kappa shape index (κ1) is 15.7. The number of carbonyl (C=O) groups is 1. The van der Waals surface area contributed by atoms with Crippen LogP contribution in [-0.4, -0.2) is 44.0 Å². The number of nitrogens with zero attached hydrogens (tertiary/aromatic N) is 1. The van der Waals surface area contributed by atoms with Gasteiger partial charge in [-0.1, -0.05) is 0 Å². The molecule has 0 saturated carbocycles. The molecule has 21 heavy (non-hydrogen) atoms. The lowest BCUT2D eigenvalue weighted by Crippen LogP contribution is -2.37. The molecular formula is C14H17F2NO4. The molecule has 2 rings (SSSR count). The Kier molecular flexibility index (Phi) is 5.08. The first-order chi connectivity index (χ1) is 10.0. The number of hydrogen-bond donors (Lipinski definition) is 1. The van der Waals surface area contributed by atoms with Gasteiger partial charge in [-0.2, -0.15) is 0 Å². The van der Waals surface area contributed by atoms with Gasteiger partial charge in [0.15, 0.2) is 17.7 Å². The summed E-state index contributed by atoms with van der Waals surface area (Å²) in [6, 6.07) is 1.82. The zero-order valence-electron chi connectivity index (χ0n) is 11.6. The van der Waals surface area contributed by atoms with Gasteiger partial charge in [0.2, 0.25) is 0 Å². The lowest BCUT2D eigenvalue weighted by atomic mass is 10.0. The van der Waals surface area contributed by atoms with Crippen LogP contribution in [0, 0.1) is 11.6 Å². The van der Waals surface area contributed by atoms with Crippen molar-refractivity contribution in [3.05, 3.63) is 29.3 Å². The summed E-state index contributed by atoms with van der Waals surface area (Å²) in [6.45, 7) is 3.49. The predicted molar refractivity (Wildman–Crippen MR) is 71.0 cm³/mol. The van der Waals surface area contributed by atoms with Crippen molar-refractivity contribution in [2.24, 2.45) is 0 Å². The largest absolute Gasteiger partial charge is 0.464 e. The molecule has 116 valence electrons. The van der Waals surface area contributed by atoms with Crippen LogP contribution in [-0.2, 0) is 14.3 Å². The molecule has 1 saturated heterocycles. The fourth-order valence-corrected chi connectivity index (χ4v) is 2.20. The highest BCUT2D eigenvalue weighted by Crippen LogP contribution is 2.30. The molecule has 1 unspecified atom stereocenters. The van der Waals surface area contributed by atoms with Crippen LogP contribution in [0.3, 0.4) is 0 Å². The minimum atomic E-state index is -1.65. The van der Waals surface area contributed by atoms with Gasteiger partial charge in [0.1, 0.15) is 0 Å². The van der Waals surface area contributed by atoms with Gasteiger partial charge in [-0.15, -0.1) is 0 Å². The number of aliphatic hydroxyl groups is 1. The third kappa shape index (κ3) is 3.48. The van der Waals surface area contributed by atoms with E-state index in [1.54, 1.807) is 11.8 Å². The zero-order valence-corrected chi connectivity index (χ0v) is 11.6. The Balaban J connectivity index is 2.37. The standard InChI is InChI=1S/C14H17F2NO4/c1-2-21-14(19)13(18)9-7-10(15)11(16)8-12(9)17-3-5-20-6-4-17/h7-8,13,18H,2-6H2,1H3. The fraction of sp³-hybridized carbons (Fsp3) is 0.500. The first-order valence-electron chi connectivity index (χ1n) is 6.71. The average Bonchev–Trinajstić information content (AvgIpc) is 2.50. The second kappa shape index (κ2) is 6.82. The van der Waals surface area contributed by atoms with Gasteiger partial charge in [0.25, 0.3) is 0 Å². The molecule has 1 aliphatic heterocycles. The van der Waals surface area contributed by atoms with Crippen LogP contribution in [0.4, 0.5) is 14.5 Å².